The molecule has 34 heavy (non-hydrogen) atoms. The summed E-state index contributed by atoms with van der Waals surface area (Å²) in [5, 5.41) is 10.8. The number of aliphatic hydroxyl groups excluding tert-OH is 1. The number of hydrogen-bond acceptors (Lipinski definition) is 6. The predicted molar refractivity (Wildman–Crippen MR) is 132 cm³/mol. The molecule has 0 aliphatic carbocycles. The fourth-order valence-corrected chi connectivity index (χ4v) is 4.38. The highest BCUT2D eigenvalue weighted by Crippen LogP contribution is 2.36. The first-order valence-corrected chi connectivity index (χ1v) is 11.6. The summed E-state index contributed by atoms with van der Waals surface area (Å²) in [6.07, 6.45) is 0.991. The second-order valence-corrected chi connectivity index (χ2v) is 8.49. The Labute approximate surface area is 201 Å². The van der Waals surface area contributed by atoms with E-state index in [2.05, 4.69) is 23.1 Å². The van der Waals surface area contributed by atoms with Gasteiger partial charge in [0.15, 0.2) is 11.5 Å². The van der Waals surface area contributed by atoms with Crippen molar-refractivity contribution in [2.24, 2.45) is 0 Å². The molecule has 0 saturated heterocycles. The zero-order chi connectivity index (χ0) is 23.9. The average molecular weight is 464 g/mol. The third-order valence-corrected chi connectivity index (χ3v) is 6.26. The third-order valence-electron chi connectivity index (χ3n) is 6.26. The minimum absolute atomic E-state index is 0.520. The van der Waals surface area contributed by atoms with Crippen molar-refractivity contribution < 1.29 is 24.1 Å². The van der Waals surface area contributed by atoms with E-state index >= 15 is 0 Å². The molecule has 0 aromatic heterocycles. The first-order chi connectivity index (χ1) is 16.6. The molecule has 1 aliphatic heterocycles. The van der Waals surface area contributed by atoms with Crippen LogP contribution in [-0.4, -0.2) is 44.5 Å². The molecule has 1 unspecified atom stereocenters. The highest BCUT2D eigenvalue weighted by atomic mass is 16.5. The Kier molecular flexibility index (Phi) is 7.93. The maximum Gasteiger partial charge on any atom is 0.164 e. The van der Waals surface area contributed by atoms with Crippen LogP contribution in [0.5, 0.6) is 23.0 Å². The van der Waals surface area contributed by atoms with Crippen molar-refractivity contribution in [3.8, 4) is 23.0 Å². The van der Waals surface area contributed by atoms with Crippen LogP contribution in [-0.2, 0) is 19.5 Å². The molecule has 6 nitrogen and oxygen atoms in total. The number of rotatable bonds is 9. The van der Waals surface area contributed by atoms with Gasteiger partial charge in [-0.15, -0.1) is 0 Å². The van der Waals surface area contributed by atoms with Crippen LogP contribution in [0.4, 0.5) is 0 Å². The molecule has 0 spiro atoms. The summed E-state index contributed by atoms with van der Waals surface area (Å²) in [5.41, 5.74) is 4.24. The van der Waals surface area contributed by atoms with Gasteiger partial charge in [0.25, 0.3) is 0 Å². The van der Waals surface area contributed by atoms with Gasteiger partial charge in [0, 0.05) is 36.8 Å². The molecule has 1 aliphatic rings. The monoisotopic (exact) mass is 463 g/mol. The Balaban J connectivity index is 1.49. The van der Waals surface area contributed by atoms with E-state index in [1.165, 1.54) is 5.56 Å². The van der Waals surface area contributed by atoms with E-state index in [0.29, 0.717) is 37.6 Å². The fraction of sp³-hybridized carbons (Fsp3) is 0.357. The normalized spacial score (nSPS) is 14.5. The molecule has 0 fully saturated rings. The number of ether oxygens (including phenoxy) is 4. The van der Waals surface area contributed by atoms with Crippen LogP contribution in [0.25, 0.3) is 0 Å². The van der Waals surface area contributed by atoms with Gasteiger partial charge in [-0.1, -0.05) is 36.4 Å². The van der Waals surface area contributed by atoms with Gasteiger partial charge in [-0.05, 0) is 42.2 Å². The van der Waals surface area contributed by atoms with Crippen LogP contribution in [0, 0.1) is 0 Å². The van der Waals surface area contributed by atoms with E-state index in [4.69, 9.17) is 18.9 Å². The lowest BCUT2D eigenvalue weighted by molar-refractivity contribution is 0.167. The number of aryl methyl sites for hydroxylation is 1. The predicted octanol–water partition coefficient (Wildman–Crippen LogP) is 4.77. The van der Waals surface area contributed by atoms with Crippen LogP contribution in [0.1, 0.15) is 34.8 Å². The summed E-state index contributed by atoms with van der Waals surface area (Å²) < 4.78 is 22.5. The average Bonchev–Trinajstić information content (AvgIpc) is 3.08. The summed E-state index contributed by atoms with van der Waals surface area (Å²) in [6.45, 7) is 2.76. The standard InChI is InChI=1S/C28H33NO5/c1-31-26-17-28(33-3)27(32-2)16-23(26)19-29-13-14-34-25-12-10-21(15-22(25)18-29)24(30)11-9-20-7-5-4-6-8-20/h4-8,10,12,15-17,24,30H,9,11,13-14,18-19H2,1-3H3. The molecular weight excluding hydrogens is 430 g/mol. The number of fused-ring (bicyclic) bond motifs is 1. The highest BCUT2D eigenvalue weighted by Gasteiger charge is 2.20. The maximum absolute atomic E-state index is 10.8. The highest BCUT2D eigenvalue weighted by molar-refractivity contribution is 5.50. The molecule has 180 valence electrons. The first kappa shape index (κ1) is 23.9. The van der Waals surface area contributed by atoms with Crippen molar-refractivity contribution in [1.82, 2.24) is 4.90 Å². The molecule has 0 amide bonds. The van der Waals surface area contributed by atoms with Crippen molar-refractivity contribution in [2.45, 2.75) is 32.0 Å². The van der Waals surface area contributed by atoms with Gasteiger partial charge in [-0.2, -0.15) is 0 Å². The quantitative estimate of drug-likeness (QED) is 0.493. The molecular formula is C28H33NO5. The molecule has 3 aromatic rings. The molecule has 0 radical (unpaired) electrons. The van der Waals surface area contributed by atoms with Crippen molar-refractivity contribution in [3.05, 3.63) is 82.9 Å². The van der Waals surface area contributed by atoms with Crippen LogP contribution < -0.4 is 18.9 Å². The van der Waals surface area contributed by atoms with Crippen molar-refractivity contribution >= 4 is 0 Å². The first-order valence-electron chi connectivity index (χ1n) is 11.6. The smallest absolute Gasteiger partial charge is 0.164 e. The van der Waals surface area contributed by atoms with E-state index in [1.807, 2.05) is 42.5 Å². The van der Waals surface area contributed by atoms with Crippen molar-refractivity contribution in [1.29, 1.82) is 0 Å². The van der Waals surface area contributed by atoms with E-state index in [0.717, 1.165) is 41.2 Å². The van der Waals surface area contributed by atoms with E-state index in [9.17, 15) is 5.11 Å². The van der Waals surface area contributed by atoms with E-state index < -0.39 is 6.10 Å². The van der Waals surface area contributed by atoms with Gasteiger partial charge in [0.05, 0.1) is 27.4 Å². The van der Waals surface area contributed by atoms with Gasteiger partial charge in [0.1, 0.15) is 18.1 Å². The van der Waals surface area contributed by atoms with Gasteiger partial charge in [-0.3, -0.25) is 4.90 Å². The largest absolute Gasteiger partial charge is 0.496 e. The number of methoxy groups -OCH3 is 3. The Bertz CT molecular complexity index is 1090. The number of nitrogens with zero attached hydrogens (tertiary/aromatic N) is 1. The fourth-order valence-electron chi connectivity index (χ4n) is 4.38. The van der Waals surface area contributed by atoms with Crippen molar-refractivity contribution in [2.75, 3.05) is 34.5 Å². The molecule has 4 rings (SSSR count). The van der Waals surface area contributed by atoms with E-state index in [1.54, 1.807) is 21.3 Å². The second-order valence-electron chi connectivity index (χ2n) is 8.49. The Morgan fingerprint density at radius 2 is 1.65 bits per heavy atom. The van der Waals surface area contributed by atoms with Crippen molar-refractivity contribution in [3.63, 3.8) is 0 Å². The lowest BCUT2D eigenvalue weighted by atomic mass is 9.99. The molecule has 6 heteroatoms. The Morgan fingerprint density at radius 3 is 2.38 bits per heavy atom. The molecule has 3 aromatic carbocycles. The topological polar surface area (TPSA) is 60.4 Å². The molecule has 1 heterocycles. The zero-order valence-electron chi connectivity index (χ0n) is 20.1. The van der Waals surface area contributed by atoms with E-state index in [-0.39, 0.29) is 0 Å². The minimum atomic E-state index is -0.520. The second kappa shape index (κ2) is 11.3. The Morgan fingerprint density at radius 1 is 0.912 bits per heavy atom. The van der Waals surface area contributed by atoms with Gasteiger partial charge in [0.2, 0.25) is 0 Å². The molecule has 1 N–H and O–H groups in total. The van der Waals surface area contributed by atoms with Crippen LogP contribution >= 0.6 is 0 Å². The SMILES string of the molecule is COc1cc(OC)c(OC)cc1CN1CCOc2ccc(C(O)CCc3ccccc3)cc2C1. The summed E-state index contributed by atoms with van der Waals surface area (Å²) >= 11 is 0. The molecule has 0 bridgehead atoms. The van der Waals surface area contributed by atoms with Gasteiger partial charge < -0.3 is 24.1 Å². The molecule has 1 atom stereocenters. The number of benzene rings is 3. The minimum Gasteiger partial charge on any atom is -0.496 e. The number of aliphatic hydroxyl groups is 1. The lowest BCUT2D eigenvalue weighted by Gasteiger charge is -2.22. The maximum atomic E-state index is 10.8. The van der Waals surface area contributed by atoms with Gasteiger partial charge in [-0.25, -0.2) is 0 Å². The third kappa shape index (κ3) is 5.64. The van der Waals surface area contributed by atoms with Crippen LogP contribution in [0.15, 0.2) is 60.7 Å². The van der Waals surface area contributed by atoms with Crippen LogP contribution in [0.2, 0.25) is 0 Å². The summed E-state index contributed by atoms with van der Waals surface area (Å²) in [5.74, 6) is 2.95. The summed E-state index contributed by atoms with van der Waals surface area (Å²) in [6, 6.07) is 20.1. The summed E-state index contributed by atoms with van der Waals surface area (Å²) in [7, 11) is 4.91. The Hall–Kier alpha value is -3.22. The zero-order valence-corrected chi connectivity index (χ0v) is 20.1. The lowest BCUT2D eigenvalue weighted by Crippen LogP contribution is -2.25. The number of hydrogen-bond donors (Lipinski definition) is 1. The molecule has 0 saturated carbocycles. The van der Waals surface area contributed by atoms with Gasteiger partial charge >= 0.3 is 0 Å². The summed E-state index contributed by atoms with van der Waals surface area (Å²) in [4.78, 5) is 2.32. The van der Waals surface area contributed by atoms with Crippen LogP contribution in [0.3, 0.4) is 0 Å².